The number of benzene rings is 1. The maximum Gasteiger partial charge on any atom is 0.270 e. The van der Waals surface area contributed by atoms with Crippen molar-refractivity contribution in [1.82, 2.24) is 0 Å². The second-order valence-electron chi connectivity index (χ2n) is 5.10. The Labute approximate surface area is 126 Å². The van der Waals surface area contributed by atoms with Gasteiger partial charge < -0.3 is 10.6 Å². The third-order valence-electron chi connectivity index (χ3n) is 3.90. The molecule has 2 N–H and O–H groups in total. The summed E-state index contributed by atoms with van der Waals surface area (Å²) < 4.78 is 0.928. The quantitative estimate of drug-likeness (QED) is 0.501. The zero-order valence-electron chi connectivity index (χ0n) is 10.9. The smallest absolute Gasteiger partial charge is 0.270 e. The molecule has 1 aliphatic rings. The van der Waals surface area contributed by atoms with Gasteiger partial charge in [-0.2, -0.15) is 0 Å². The second-order valence-corrected chi connectivity index (χ2v) is 6.26. The highest BCUT2D eigenvalue weighted by atomic mass is 127. The van der Waals surface area contributed by atoms with E-state index in [1.807, 2.05) is 6.07 Å². The van der Waals surface area contributed by atoms with Crippen LogP contribution < -0.4 is 10.6 Å². The zero-order chi connectivity index (χ0) is 14.0. The van der Waals surface area contributed by atoms with Gasteiger partial charge in [-0.3, -0.25) is 10.1 Å². The van der Waals surface area contributed by atoms with Crippen LogP contribution >= 0.6 is 22.6 Å². The van der Waals surface area contributed by atoms with Crippen LogP contribution in [-0.4, -0.2) is 24.6 Å². The van der Waals surface area contributed by atoms with Crippen molar-refractivity contribution >= 4 is 34.0 Å². The molecule has 1 aromatic carbocycles. The Balaban J connectivity index is 2.20. The molecule has 5 nitrogen and oxygen atoms in total. The van der Waals surface area contributed by atoms with Crippen LogP contribution in [0, 0.1) is 25.5 Å². The summed E-state index contributed by atoms with van der Waals surface area (Å²) in [5.74, 6) is 1.15. The molecule has 0 radical (unpaired) electrons. The Morgan fingerprint density at radius 1 is 1.58 bits per heavy atom. The van der Waals surface area contributed by atoms with Gasteiger partial charge in [0.05, 0.1) is 10.6 Å². The average Bonchev–Trinajstić information content (AvgIpc) is 2.39. The molecule has 1 fully saturated rings. The molecule has 1 aliphatic heterocycles. The van der Waals surface area contributed by atoms with Crippen molar-refractivity contribution < 1.29 is 4.92 Å². The van der Waals surface area contributed by atoms with Crippen molar-refractivity contribution in [2.24, 2.45) is 17.6 Å². The average molecular weight is 375 g/mol. The van der Waals surface area contributed by atoms with Gasteiger partial charge in [0.1, 0.15) is 0 Å². The molecule has 19 heavy (non-hydrogen) atoms. The molecule has 1 saturated heterocycles. The molecule has 0 amide bonds. The highest BCUT2D eigenvalue weighted by molar-refractivity contribution is 14.1. The Morgan fingerprint density at radius 3 is 2.89 bits per heavy atom. The number of nitro benzene ring substituents is 1. The largest absolute Gasteiger partial charge is 0.370 e. The molecule has 1 heterocycles. The fourth-order valence-electron chi connectivity index (χ4n) is 2.54. The molecule has 0 aromatic heterocycles. The van der Waals surface area contributed by atoms with Crippen molar-refractivity contribution in [3.63, 3.8) is 0 Å². The maximum atomic E-state index is 10.8. The predicted molar refractivity (Wildman–Crippen MR) is 84.4 cm³/mol. The van der Waals surface area contributed by atoms with E-state index in [0.29, 0.717) is 18.4 Å². The van der Waals surface area contributed by atoms with Crippen LogP contribution in [0.15, 0.2) is 18.2 Å². The van der Waals surface area contributed by atoms with E-state index in [2.05, 4.69) is 34.4 Å². The van der Waals surface area contributed by atoms with E-state index in [9.17, 15) is 10.1 Å². The molecular formula is C13H18IN3O2. The minimum atomic E-state index is -0.354. The Bertz CT molecular complexity index is 481. The van der Waals surface area contributed by atoms with Crippen LogP contribution in [0.2, 0.25) is 0 Å². The molecule has 6 heteroatoms. The second kappa shape index (κ2) is 6.04. The van der Waals surface area contributed by atoms with E-state index >= 15 is 0 Å². The number of nitrogens with two attached hydrogens (primary N) is 1. The van der Waals surface area contributed by atoms with Crippen molar-refractivity contribution in [2.45, 2.75) is 13.3 Å². The van der Waals surface area contributed by atoms with Gasteiger partial charge >= 0.3 is 0 Å². The summed E-state index contributed by atoms with van der Waals surface area (Å²) in [6, 6.07) is 5.06. The van der Waals surface area contributed by atoms with Crippen molar-refractivity contribution in [1.29, 1.82) is 0 Å². The fraction of sp³-hybridized carbons (Fsp3) is 0.538. The Kier molecular flexibility index (Phi) is 4.62. The lowest BCUT2D eigenvalue weighted by molar-refractivity contribution is -0.384. The topological polar surface area (TPSA) is 72.4 Å². The molecule has 0 saturated carbocycles. The SMILES string of the molecule is CC1CCN(c2ccc([N+](=O)[O-])cc2I)CC1CN. The lowest BCUT2D eigenvalue weighted by atomic mass is 9.87. The lowest BCUT2D eigenvalue weighted by Crippen LogP contribution is -2.43. The van der Waals surface area contributed by atoms with Gasteiger partial charge in [-0.15, -0.1) is 0 Å². The van der Waals surface area contributed by atoms with E-state index in [-0.39, 0.29) is 10.6 Å². The molecule has 2 rings (SSSR count). The molecule has 0 spiro atoms. The van der Waals surface area contributed by atoms with Crippen LogP contribution in [0.4, 0.5) is 11.4 Å². The van der Waals surface area contributed by atoms with Gasteiger partial charge in [0.25, 0.3) is 5.69 Å². The van der Waals surface area contributed by atoms with Gasteiger partial charge in [0.2, 0.25) is 0 Å². The molecular weight excluding hydrogens is 357 g/mol. The Hall–Kier alpha value is -0.890. The number of piperidine rings is 1. The summed E-state index contributed by atoms with van der Waals surface area (Å²) in [6.07, 6.45) is 1.12. The van der Waals surface area contributed by atoms with Crippen molar-refractivity contribution in [2.75, 3.05) is 24.5 Å². The molecule has 2 atom stereocenters. The number of nitro groups is 1. The van der Waals surface area contributed by atoms with Crippen molar-refractivity contribution in [3.8, 4) is 0 Å². The molecule has 2 unspecified atom stereocenters. The molecule has 1 aromatic rings. The van der Waals surface area contributed by atoms with Gasteiger partial charge in [-0.05, 0) is 53.5 Å². The standard InChI is InChI=1S/C13H18IN3O2/c1-9-4-5-16(8-10(9)7-15)13-3-2-11(17(18)19)6-12(13)14/h2-3,6,9-10H,4-5,7-8,15H2,1H3. The lowest BCUT2D eigenvalue weighted by Gasteiger charge is -2.38. The monoisotopic (exact) mass is 375 g/mol. The van der Waals surface area contributed by atoms with E-state index < -0.39 is 0 Å². The van der Waals surface area contributed by atoms with Gasteiger partial charge in [0, 0.05) is 28.8 Å². The van der Waals surface area contributed by atoms with E-state index in [1.54, 1.807) is 12.1 Å². The first kappa shape index (κ1) is 14.5. The highest BCUT2D eigenvalue weighted by Crippen LogP contribution is 2.31. The first-order valence-corrected chi connectivity index (χ1v) is 7.49. The van der Waals surface area contributed by atoms with Crippen LogP contribution in [-0.2, 0) is 0 Å². The molecule has 0 bridgehead atoms. The van der Waals surface area contributed by atoms with Gasteiger partial charge in [0.15, 0.2) is 0 Å². The highest BCUT2D eigenvalue weighted by Gasteiger charge is 2.26. The molecule has 104 valence electrons. The summed E-state index contributed by atoms with van der Waals surface area (Å²) in [5.41, 5.74) is 7.05. The minimum Gasteiger partial charge on any atom is -0.370 e. The fourth-order valence-corrected chi connectivity index (χ4v) is 3.38. The normalized spacial score (nSPS) is 23.4. The summed E-state index contributed by atoms with van der Waals surface area (Å²) in [6.45, 7) is 4.87. The van der Waals surface area contributed by atoms with Crippen LogP contribution in [0.1, 0.15) is 13.3 Å². The maximum absolute atomic E-state index is 10.8. The molecule has 0 aliphatic carbocycles. The summed E-state index contributed by atoms with van der Waals surface area (Å²) in [7, 11) is 0. The van der Waals surface area contributed by atoms with Crippen LogP contribution in [0.5, 0.6) is 0 Å². The van der Waals surface area contributed by atoms with Gasteiger partial charge in [-0.25, -0.2) is 0 Å². The Morgan fingerprint density at radius 2 is 2.32 bits per heavy atom. The minimum absolute atomic E-state index is 0.147. The number of hydrogen-bond donors (Lipinski definition) is 1. The summed E-state index contributed by atoms with van der Waals surface area (Å²) in [5, 5.41) is 10.8. The zero-order valence-corrected chi connectivity index (χ0v) is 13.0. The van der Waals surface area contributed by atoms with E-state index in [0.717, 1.165) is 28.8 Å². The third kappa shape index (κ3) is 3.17. The number of nitrogens with zero attached hydrogens (tertiary/aromatic N) is 2. The number of anilines is 1. The summed E-state index contributed by atoms with van der Waals surface area (Å²) in [4.78, 5) is 12.7. The number of rotatable bonds is 3. The van der Waals surface area contributed by atoms with Gasteiger partial charge in [-0.1, -0.05) is 6.92 Å². The van der Waals surface area contributed by atoms with Crippen molar-refractivity contribution in [3.05, 3.63) is 31.9 Å². The van der Waals surface area contributed by atoms with E-state index in [1.165, 1.54) is 0 Å². The van der Waals surface area contributed by atoms with Crippen LogP contribution in [0.3, 0.4) is 0 Å². The number of hydrogen-bond acceptors (Lipinski definition) is 4. The number of halogens is 1. The predicted octanol–water partition coefficient (Wildman–Crippen LogP) is 2.62. The third-order valence-corrected chi connectivity index (χ3v) is 4.76. The van der Waals surface area contributed by atoms with Crippen LogP contribution in [0.25, 0.3) is 0 Å². The van der Waals surface area contributed by atoms with E-state index in [4.69, 9.17) is 5.73 Å². The summed E-state index contributed by atoms with van der Waals surface area (Å²) >= 11 is 2.17. The number of non-ortho nitro benzene ring substituents is 1. The first-order valence-electron chi connectivity index (χ1n) is 6.42. The first-order chi connectivity index (χ1) is 9.02.